The third-order valence-corrected chi connectivity index (χ3v) is 9.26. The van der Waals surface area contributed by atoms with Crippen LogP contribution in [0.4, 0.5) is 13.2 Å². The summed E-state index contributed by atoms with van der Waals surface area (Å²) >= 11 is 7.41. The Morgan fingerprint density at radius 2 is 1.60 bits per heavy atom. The number of nitrogens with one attached hydrogen (secondary N) is 2. The number of alkyl halides is 3. The van der Waals surface area contributed by atoms with Crippen molar-refractivity contribution in [1.29, 1.82) is 0 Å². The molecule has 2 heterocycles. The maximum atomic E-state index is 13.6. The van der Waals surface area contributed by atoms with Crippen LogP contribution in [0.15, 0.2) is 60.0 Å². The lowest BCUT2D eigenvalue weighted by molar-refractivity contribution is -0.141. The number of benzene rings is 2. The highest BCUT2D eigenvalue weighted by Gasteiger charge is 2.49. The number of halogens is 4. The van der Waals surface area contributed by atoms with Gasteiger partial charge in [-0.2, -0.15) is 13.2 Å². The monoisotopic (exact) mass is 589 g/mol. The number of carbonyl (C=O) groups is 2. The molecule has 2 N–H and O–H groups in total. The van der Waals surface area contributed by atoms with Gasteiger partial charge >= 0.3 is 6.18 Å². The van der Waals surface area contributed by atoms with E-state index in [2.05, 4.69) is 15.5 Å². The number of hydrogen-bond acceptors (Lipinski definition) is 4. The van der Waals surface area contributed by atoms with Crippen molar-refractivity contribution < 1.29 is 22.8 Å². The zero-order valence-corrected chi connectivity index (χ0v) is 23.5. The van der Waals surface area contributed by atoms with Gasteiger partial charge in [-0.3, -0.25) is 9.59 Å². The average molecular weight is 590 g/mol. The molecule has 0 radical (unpaired) electrons. The Bertz CT molecular complexity index is 1320. The number of likely N-dealkylation sites (tertiary alicyclic amines) is 1. The predicted molar refractivity (Wildman–Crippen MR) is 152 cm³/mol. The molecule has 40 heavy (non-hydrogen) atoms. The number of amides is 2. The standard InChI is InChI=1S/C30H31ClF3N3O2S/c31-25-13-18-40-26(25)27(38)36-20-11-16-37(17-12-20)15-6-5-14-29(28(39)35-19-30(32,33)34)23-9-3-1-7-21(23)22-8-2-4-10-24(22)29/h1-4,7-10,13,18,20H,5-6,11-12,14-17,19H2,(H,35,39)(H,36,38). The number of nitrogens with zero attached hydrogens (tertiary/aromatic N) is 1. The Morgan fingerprint density at radius 1 is 0.975 bits per heavy atom. The molecule has 5 nitrogen and oxygen atoms in total. The number of unbranched alkanes of at least 4 members (excludes halogenated alkanes) is 1. The first-order valence-electron chi connectivity index (χ1n) is 13.5. The maximum absolute atomic E-state index is 13.6. The van der Waals surface area contributed by atoms with E-state index in [1.807, 2.05) is 48.5 Å². The lowest BCUT2D eigenvalue weighted by Crippen LogP contribution is -2.47. The molecule has 3 aromatic rings. The molecule has 1 aromatic heterocycles. The molecule has 2 amide bonds. The van der Waals surface area contributed by atoms with Gasteiger partial charge in [0.25, 0.3) is 5.91 Å². The van der Waals surface area contributed by atoms with Gasteiger partial charge in [0, 0.05) is 19.1 Å². The van der Waals surface area contributed by atoms with Gasteiger partial charge in [-0.25, -0.2) is 0 Å². The van der Waals surface area contributed by atoms with Crippen LogP contribution < -0.4 is 10.6 Å². The fourth-order valence-corrected chi connectivity index (χ4v) is 7.06. The minimum absolute atomic E-state index is 0.0917. The van der Waals surface area contributed by atoms with Crippen molar-refractivity contribution in [3.05, 3.63) is 81.0 Å². The van der Waals surface area contributed by atoms with Gasteiger partial charge in [0.15, 0.2) is 0 Å². The molecule has 0 unspecified atom stereocenters. The fourth-order valence-electron chi connectivity index (χ4n) is 6.02. The van der Waals surface area contributed by atoms with E-state index in [1.165, 1.54) is 11.3 Å². The van der Waals surface area contributed by atoms with E-state index < -0.39 is 24.0 Å². The molecular formula is C30H31ClF3N3O2S. The van der Waals surface area contributed by atoms with Gasteiger partial charge in [0.05, 0.1) is 5.02 Å². The molecular weight excluding hydrogens is 559 g/mol. The highest BCUT2D eigenvalue weighted by atomic mass is 35.5. The molecule has 5 rings (SSSR count). The molecule has 212 valence electrons. The highest BCUT2D eigenvalue weighted by molar-refractivity contribution is 7.12. The molecule has 0 atom stereocenters. The molecule has 10 heteroatoms. The molecule has 0 spiro atoms. The maximum Gasteiger partial charge on any atom is 0.405 e. The lowest BCUT2D eigenvalue weighted by atomic mass is 9.73. The van der Waals surface area contributed by atoms with Crippen LogP contribution in [0.5, 0.6) is 0 Å². The second-order valence-electron chi connectivity index (χ2n) is 10.4. The van der Waals surface area contributed by atoms with Crippen molar-refractivity contribution in [2.45, 2.75) is 49.7 Å². The molecule has 0 saturated carbocycles. The highest BCUT2D eigenvalue weighted by Crippen LogP contribution is 2.51. The van der Waals surface area contributed by atoms with Crippen LogP contribution in [0, 0.1) is 0 Å². The first-order valence-corrected chi connectivity index (χ1v) is 14.8. The summed E-state index contributed by atoms with van der Waals surface area (Å²) in [4.78, 5) is 29.0. The molecule has 0 bridgehead atoms. The van der Waals surface area contributed by atoms with Gasteiger partial charge in [-0.05, 0) is 65.9 Å². The number of thiophene rings is 1. The van der Waals surface area contributed by atoms with Gasteiger partial charge in [-0.15, -0.1) is 11.3 Å². The summed E-state index contributed by atoms with van der Waals surface area (Å²) in [5, 5.41) is 7.54. The second-order valence-corrected chi connectivity index (χ2v) is 11.8. The van der Waals surface area contributed by atoms with Crippen molar-refractivity contribution in [2.24, 2.45) is 0 Å². The van der Waals surface area contributed by atoms with Gasteiger partial charge < -0.3 is 15.5 Å². The zero-order valence-electron chi connectivity index (χ0n) is 21.9. The molecule has 2 aromatic carbocycles. The van der Waals surface area contributed by atoms with E-state index in [0.29, 0.717) is 22.7 Å². The minimum Gasteiger partial charge on any atom is -0.348 e. The Hall–Kier alpha value is -2.88. The number of carbonyl (C=O) groups excluding carboxylic acids is 2. The van der Waals surface area contributed by atoms with Crippen LogP contribution >= 0.6 is 22.9 Å². The molecule has 1 fully saturated rings. The summed E-state index contributed by atoms with van der Waals surface area (Å²) < 4.78 is 39.2. The van der Waals surface area contributed by atoms with Gasteiger partial charge in [0.2, 0.25) is 5.91 Å². The number of hydrogen-bond donors (Lipinski definition) is 2. The predicted octanol–water partition coefficient (Wildman–Crippen LogP) is 6.41. The summed E-state index contributed by atoms with van der Waals surface area (Å²) in [7, 11) is 0. The van der Waals surface area contributed by atoms with Crippen molar-refractivity contribution in [2.75, 3.05) is 26.2 Å². The van der Waals surface area contributed by atoms with E-state index in [9.17, 15) is 22.8 Å². The molecule has 1 saturated heterocycles. The van der Waals surface area contributed by atoms with E-state index in [1.54, 1.807) is 11.4 Å². The molecule has 2 aliphatic rings. The van der Waals surface area contributed by atoms with Crippen LogP contribution in [0.1, 0.15) is 52.9 Å². The number of fused-ring (bicyclic) bond motifs is 3. The normalized spacial score (nSPS) is 16.8. The summed E-state index contributed by atoms with van der Waals surface area (Å²) in [6.07, 6.45) is -0.927. The minimum atomic E-state index is -4.49. The van der Waals surface area contributed by atoms with Crippen LogP contribution in [0.3, 0.4) is 0 Å². The summed E-state index contributed by atoms with van der Waals surface area (Å²) in [5.74, 6) is -0.741. The summed E-state index contributed by atoms with van der Waals surface area (Å²) in [6, 6.07) is 16.9. The first kappa shape index (κ1) is 28.6. The van der Waals surface area contributed by atoms with E-state index in [0.717, 1.165) is 61.2 Å². The average Bonchev–Trinajstić information content (AvgIpc) is 3.50. The Kier molecular flexibility index (Phi) is 8.54. The number of piperidine rings is 1. The fraction of sp³-hybridized carbons (Fsp3) is 0.400. The summed E-state index contributed by atoms with van der Waals surface area (Å²) in [6.45, 7) is 1.14. The SMILES string of the molecule is O=C(NC1CCN(CCCCC2(C(=O)NCC(F)(F)F)c3ccccc3-c3ccccc32)CC1)c1sccc1Cl. The smallest absolute Gasteiger partial charge is 0.348 e. The first-order chi connectivity index (χ1) is 19.2. The van der Waals surface area contributed by atoms with Gasteiger partial charge in [-0.1, -0.05) is 66.6 Å². The Balaban J connectivity index is 1.21. The molecule has 1 aliphatic carbocycles. The van der Waals surface area contributed by atoms with E-state index >= 15 is 0 Å². The third-order valence-electron chi connectivity index (χ3n) is 7.92. The second kappa shape index (κ2) is 11.9. The lowest BCUT2D eigenvalue weighted by Gasteiger charge is -2.33. The third kappa shape index (κ3) is 5.92. The van der Waals surface area contributed by atoms with E-state index in [4.69, 9.17) is 11.6 Å². The van der Waals surface area contributed by atoms with E-state index in [-0.39, 0.29) is 11.9 Å². The van der Waals surface area contributed by atoms with Crippen molar-refractivity contribution >= 4 is 34.8 Å². The quantitative estimate of drug-likeness (QED) is 0.284. The summed E-state index contributed by atoms with van der Waals surface area (Å²) in [5.41, 5.74) is 2.15. The van der Waals surface area contributed by atoms with Crippen LogP contribution in [-0.2, 0) is 10.2 Å². The van der Waals surface area contributed by atoms with Crippen molar-refractivity contribution in [3.63, 3.8) is 0 Å². The number of rotatable bonds is 9. The van der Waals surface area contributed by atoms with Crippen LogP contribution in [-0.4, -0.2) is 55.1 Å². The Morgan fingerprint density at radius 3 is 2.17 bits per heavy atom. The van der Waals surface area contributed by atoms with Gasteiger partial charge in [0.1, 0.15) is 16.8 Å². The van der Waals surface area contributed by atoms with Crippen molar-refractivity contribution in [3.8, 4) is 11.1 Å². The zero-order chi connectivity index (χ0) is 28.3. The molecule has 1 aliphatic heterocycles. The van der Waals surface area contributed by atoms with Crippen LogP contribution in [0.25, 0.3) is 11.1 Å². The van der Waals surface area contributed by atoms with Crippen LogP contribution in [0.2, 0.25) is 5.02 Å². The Labute approximate surface area is 240 Å². The van der Waals surface area contributed by atoms with Crippen molar-refractivity contribution in [1.82, 2.24) is 15.5 Å². The topological polar surface area (TPSA) is 61.4 Å². The largest absolute Gasteiger partial charge is 0.405 e.